The predicted molar refractivity (Wildman–Crippen MR) is 505 cm³/mol. The number of carbonyl (C=O) groups excluding carboxylic acids is 11. The van der Waals surface area contributed by atoms with Gasteiger partial charge in [-0.15, -0.1) is 0 Å². The molecular formula is C100H108F4N18O15. The molecule has 8 aliphatic rings. The third-order valence-electron chi connectivity index (χ3n) is 25.7. The molecule has 10 heterocycles. The summed E-state index contributed by atoms with van der Waals surface area (Å²) in [6.45, 7) is 10.0. The Morgan fingerprint density at radius 2 is 0.839 bits per heavy atom. The summed E-state index contributed by atoms with van der Waals surface area (Å²) < 4.78 is 66.3. The van der Waals surface area contributed by atoms with Crippen molar-refractivity contribution in [2.45, 2.75) is 153 Å². The third-order valence-corrected chi connectivity index (χ3v) is 25.7. The normalized spacial score (nSPS) is 17.5. The number of amides is 11. The maximum Gasteiger partial charge on any atom is 0.303 e. The van der Waals surface area contributed by atoms with Crippen LogP contribution in [0.4, 0.5) is 63.3 Å². The molecule has 2 atom stereocenters. The van der Waals surface area contributed by atoms with Crippen LogP contribution in [0.1, 0.15) is 200 Å². The van der Waals surface area contributed by atoms with Crippen molar-refractivity contribution in [2.75, 3.05) is 134 Å². The number of aliphatic carboxylic acids is 1. The van der Waals surface area contributed by atoms with E-state index in [0.29, 0.717) is 153 Å². The first-order valence-corrected chi connectivity index (χ1v) is 46.7. The number of piperazine rings is 2. The van der Waals surface area contributed by atoms with E-state index in [1.165, 1.54) is 24.3 Å². The van der Waals surface area contributed by atoms with E-state index in [1.54, 1.807) is 36.4 Å². The van der Waals surface area contributed by atoms with Crippen molar-refractivity contribution in [2.24, 2.45) is 0 Å². The summed E-state index contributed by atoms with van der Waals surface area (Å²) in [5.74, 6) is -7.27. The van der Waals surface area contributed by atoms with E-state index in [-0.39, 0.29) is 84.2 Å². The molecule has 12 N–H and O–H groups in total. The third kappa shape index (κ3) is 23.9. The number of carboxylic acid groups (broad SMARTS) is 1. The number of anilines is 8. The minimum Gasteiger partial charge on any atom is -0.481 e. The highest BCUT2D eigenvalue weighted by Crippen LogP contribution is 2.37. The van der Waals surface area contributed by atoms with Crippen LogP contribution in [0.2, 0.25) is 0 Å². The predicted octanol–water partition coefficient (Wildman–Crippen LogP) is 12.6. The summed E-state index contributed by atoms with van der Waals surface area (Å²) in [4.78, 5) is 159. The van der Waals surface area contributed by atoms with Gasteiger partial charge in [-0.05, 0) is 221 Å². The number of nitrogens with one attached hydrogen (secondary N) is 11. The maximum absolute atomic E-state index is 14.0. The Kier molecular flexibility index (Phi) is 31.0. The average Bonchev–Trinajstić information content (AvgIpc) is 1.62. The molecule has 0 aliphatic carbocycles. The number of halogens is 4. The number of benzene rings is 8. The van der Waals surface area contributed by atoms with Gasteiger partial charge < -0.3 is 66.5 Å². The molecule has 8 aromatic carbocycles. The van der Waals surface area contributed by atoms with Gasteiger partial charge >= 0.3 is 5.97 Å². The van der Waals surface area contributed by atoms with E-state index < -0.39 is 88.6 Å². The van der Waals surface area contributed by atoms with Crippen molar-refractivity contribution in [3.63, 3.8) is 0 Å². The lowest BCUT2D eigenvalue weighted by Gasteiger charge is -2.36. The van der Waals surface area contributed by atoms with Crippen molar-refractivity contribution in [1.29, 1.82) is 0 Å². The zero-order valence-corrected chi connectivity index (χ0v) is 75.5. The molecule has 6 saturated heterocycles. The summed E-state index contributed by atoms with van der Waals surface area (Å²) in [6, 6.07) is 37.9. The monoisotopic (exact) mass is 1880 g/mol. The minimum absolute atomic E-state index is 0.0631. The Balaban J connectivity index is 0.000000166. The van der Waals surface area contributed by atoms with Crippen molar-refractivity contribution >= 4 is 139 Å². The first-order valence-electron chi connectivity index (χ1n) is 46.7. The Labute approximate surface area is 786 Å². The number of nitrogens with zero attached hydrogens (tertiary/aromatic N) is 7. The second-order valence-corrected chi connectivity index (χ2v) is 35.3. The largest absolute Gasteiger partial charge is 0.481 e. The molecule has 33 nitrogen and oxygen atoms in total. The Hall–Kier alpha value is -14.5. The van der Waals surface area contributed by atoms with Gasteiger partial charge in [0.05, 0.1) is 44.4 Å². The van der Waals surface area contributed by atoms with Crippen molar-refractivity contribution in [3.8, 4) is 0 Å². The lowest BCUT2D eigenvalue weighted by molar-refractivity contribution is -0.138. The lowest BCUT2D eigenvalue weighted by Crippen LogP contribution is -2.54. The van der Waals surface area contributed by atoms with Crippen molar-refractivity contribution < 1.29 is 89.7 Å². The summed E-state index contributed by atoms with van der Waals surface area (Å²) in [6.07, 6.45) is 11.6. The van der Waals surface area contributed by atoms with Gasteiger partial charge in [-0.1, -0.05) is 37.8 Å². The van der Waals surface area contributed by atoms with E-state index in [0.717, 1.165) is 158 Å². The average molecular weight is 1880 g/mol. The second kappa shape index (κ2) is 44.4. The first kappa shape index (κ1) is 95.7. The topological polar surface area (TPSA) is 425 Å². The van der Waals surface area contributed by atoms with Gasteiger partial charge in [0.25, 0.3) is 35.4 Å². The molecule has 6 fully saturated rings. The van der Waals surface area contributed by atoms with Gasteiger partial charge in [0.15, 0.2) is 11.6 Å². The molecule has 0 bridgehead atoms. The zero-order chi connectivity index (χ0) is 95.8. The number of carboxylic acids is 1. The molecule has 2 unspecified atom stereocenters. The van der Waals surface area contributed by atoms with Crippen LogP contribution in [0, 0.1) is 23.3 Å². The fourth-order valence-corrected chi connectivity index (χ4v) is 18.4. The van der Waals surface area contributed by atoms with Crippen molar-refractivity contribution in [1.82, 2.24) is 51.0 Å². The molecule has 8 aliphatic heterocycles. The molecule has 11 amide bonds. The summed E-state index contributed by atoms with van der Waals surface area (Å²) in [5, 5.41) is 52.1. The van der Waals surface area contributed by atoms with Crippen LogP contribution < -0.4 is 57.7 Å². The number of unbranched alkanes of at least 4 members (excludes halogenated alkanes) is 6. The molecule has 0 radical (unpaired) electrons. The Bertz CT molecular complexity index is 6200. The van der Waals surface area contributed by atoms with Gasteiger partial charge in [0.1, 0.15) is 35.4 Å². The maximum atomic E-state index is 14.0. The Morgan fingerprint density at radius 1 is 0.423 bits per heavy atom. The number of hydrogen-bond donors (Lipinski definition) is 12. The van der Waals surface area contributed by atoms with E-state index in [1.807, 2.05) is 71.6 Å². The molecule has 0 saturated carbocycles. The smallest absolute Gasteiger partial charge is 0.303 e. The number of fused-ring (bicyclic) bond motifs is 4. The molecule has 10 aromatic rings. The van der Waals surface area contributed by atoms with Crippen LogP contribution in [-0.2, 0) is 51.1 Å². The highest BCUT2D eigenvalue weighted by atomic mass is 19.1. The van der Waals surface area contributed by atoms with Gasteiger partial charge in [0, 0.05) is 187 Å². The number of carbonyl (C=O) groups is 12. The highest BCUT2D eigenvalue weighted by Gasteiger charge is 2.47. The highest BCUT2D eigenvalue weighted by molar-refractivity contribution is 6.25. The van der Waals surface area contributed by atoms with E-state index in [9.17, 15) is 75.1 Å². The number of hydrogen-bond acceptors (Lipinski definition) is 23. The van der Waals surface area contributed by atoms with E-state index >= 15 is 0 Å². The number of piperidine rings is 2. The number of imide groups is 4. The fraction of sp³-hybridized carbons (Fsp3) is 0.380. The number of aromatic amines is 2. The second-order valence-electron chi connectivity index (χ2n) is 35.3. The molecule has 37 heteroatoms. The summed E-state index contributed by atoms with van der Waals surface area (Å²) in [5.41, 5.74) is 10.9. The summed E-state index contributed by atoms with van der Waals surface area (Å²) >= 11 is 0. The number of ether oxygens (including phenoxy) is 2. The van der Waals surface area contributed by atoms with Gasteiger partial charge in [-0.2, -0.15) is 10.2 Å². The number of rotatable bonds is 32. The molecule has 18 rings (SSSR count). The summed E-state index contributed by atoms with van der Waals surface area (Å²) in [7, 11) is 0. The van der Waals surface area contributed by atoms with Gasteiger partial charge in [-0.25, -0.2) is 17.6 Å². The van der Waals surface area contributed by atoms with Crippen LogP contribution >= 0.6 is 0 Å². The van der Waals surface area contributed by atoms with E-state index in [4.69, 9.17) is 14.6 Å². The van der Waals surface area contributed by atoms with Gasteiger partial charge in [-0.3, -0.25) is 88.2 Å². The zero-order valence-electron chi connectivity index (χ0n) is 75.5. The minimum atomic E-state index is -1.01. The van der Waals surface area contributed by atoms with Crippen LogP contribution in [0.5, 0.6) is 0 Å². The number of H-pyrrole nitrogens is 2. The molecular weight excluding hydrogens is 1770 g/mol. The lowest BCUT2D eigenvalue weighted by atomic mass is 10.0. The molecule has 716 valence electrons. The van der Waals surface area contributed by atoms with Crippen molar-refractivity contribution in [3.05, 3.63) is 224 Å². The number of aromatic nitrogens is 4. The van der Waals surface area contributed by atoms with Gasteiger partial charge in [0.2, 0.25) is 29.5 Å². The van der Waals surface area contributed by atoms with Crippen LogP contribution in [-0.4, -0.2) is 227 Å². The van der Waals surface area contributed by atoms with Crippen LogP contribution in [0.25, 0.3) is 21.8 Å². The van der Waals surface area contributed by atoms with Crippen LogP contribution in [0.3, 0.4) is 0 Å². The Morgan fingerprint density at radius 3 is 1.27 bits per heavy atom. The SMILES string of the molecule is O=C(Nc1n[nH]c2ccc(Cc3cc(F)cc(F)c3)cc12)c1ccc(N2CCNCC2)cc1NC1CCOCC1.O=C(O)CCCCCCNc1ccc2c(c1)C(=O)N(C1CCC(=O)NC1=O)C2=O.O=C1CCC(N2C(=O)c3ccc(NCCCCCCC(=O)N4CCN(c5ccc(C(=O)Nc6n[nH]c7ccc(Cc8cc(F)cc(F)c8)cc67)c(NC6CCOCC6)c5)CC4)cc3C2=O)C(=O)N1. The van der Waals surface area contributed by atoms with Crippen LogP contribution in [0.15, 0.2) is 146 Å². The fourth-order valence-electron chi connectivity index (χ4n) is 18.4. The molecule has 137 heavy (non-hydrogen) atoms. The first-order chi connectivity index (χ1) is 66.4. The van der Waals surface area contributed by atoms with E-state index in [2.05, 4.69) is 84.1 Å². The quantitative estimate of drug-likeness (QED) is 0.0106. The molecule has 2 aromatic heterocycles. The molecule has 0 spiro atoms. The standard InChI is InChI=1S/C50H53F2N9O7.C30H32F2N6O2.C20H23N3O6/c51-32-24-31(25-33(52)27-32)23-30-6-11-41-40(26-30)46(58-57-41)56-47(64)38-10-8-36(29-42(38)54-34-14-21-68-22-15-34)59-17-19-60(20-18-59)45(63)5-3-1-2-4-16-53-35-7-9-37-39(28-35)50(67)61(49(37)66)43-12-13-44(62)55-48(43)65;31-21-14-20(15-22(32)17-21)13-19-1-4-27-26(16-19)29(37-36-27)35-30(39)25-3-2-24(38-9-7-33-8-10-38)18-28(25)34-23-5-11-40-12-6-23;24-16-9-8-15(18(27)22-16)23-19(28)13-7-6-12(11-14(13)20(23)29)21-10-4-2-1-3-5-17(25)26/h6-11,24-29,34,43,53-54H,1-5,12-23H2,(H,55,62,65)(H2,56,57,58,64);1-4,14-18,23,33-34H,5-13H2,(H2,35,36,37,39);6-7,11,15,21H,1-5,8-10H2,(H,25,26)(H,22,24,27).